The number of amidine groups is 1. The van der Waals surface area contributed by atoms with E-state index >= 15 is 0 Å². The van der Waals surface area contributed by atoms with Crippen LogP contribution in [-0.2, 0) is 0 Å². The van der Waals surface area contributed by atoms with Crippen LogP contribution in [0.1, 0.15) is 5.56 Å². The van der Waals surface area contributed by atoms with Gasteiger partial charge in [0.1, 0.15) is 0 Å². The van der Waals surface area contributed by atoms with Gasteiger partial charge in [0.15, 0.2) is 17.4 Å². The summed E-state index contributed by atoms with van der Waals surface area (Å²) in [7, 11) is 1.34. The molecule has 13 heavy (non-hydrogen) atoms. The van der Waals surface area contributed by atoms with Gasteiger partial charge in [-0.25, -0.2) is 4.39 Å². The molecule has 0 unspecified atom stereocenters. The molecule has 1 aromatic rings. The molecule has 0 radical (unpaired) electrons. The van der Waals surface area contributed by atoms with E-state index in [9.17, 15) is 4.39 Å². The summed E-state index contributed by atoms with van der Waals surface area (Å²) < 4.78 is 18.0. The largest absolute Gasteiger partial charge is 0.494 e. The molecule has 0 saturated heterocycles. The van der Waals surface area contributed by atoms with Crippen LogP contribution in [0.5, 0.6) is 5.75 Å². The van der Waals surface area contributed by atoms with E-state index in [1.165, 1.54) is 19.2 Å². The fraction of sp³-hybridized carbons (Fsp3) is 0.125. The van der Waals surface area contributed by atoms with Crippen molar-refractivity contribution in [2.45, 2.75) is 0 Å². The Balaban J connectivity index is 3.23. The summed E-state index contributed by atoms with van der Waals surface area (Å²) >= 11 is 0. The average Bonchev–Trinajstić information content (AvgIpc) is 2.17. The van der Waals surface area contributed by atoms with Crippen LogP contribution in [0.15, 0.2) is 23.4 Å². The third-order valence-electron chi connectivity index (χ3n) is 1.57. The van der Waals surface area contributed by atoms with Gasteiger partial charge < -0.3 is 15.7 Å². The zero-order chi connectivity index (χ0) is 9.84. The van der Waals surface area contributed by atoms with E-state index in [1.807, 2.05) is 0 Å². The van der Waals surface area contributed by atoms with Crippen molar-refractivity contribution in [3.8, 4) is 5.75 Å². The van der Waals surface area contributed by atoms with Gasteiger partial charge in [0.05, 0.1) is 12.7 Å². The molecular formula is C8H9FN2O2. The maximum absolute atomic E-state index is 13.3. The van der Waals surface area contributed by atoms with E-state index in [-0.39, 0.29) is 17.1 Å². The number of nitrogens with two attached hydrogens (primary N) is 1. The molecular weight excluding hydrogens is 175 g/mol. The van der Waals surface area contributed by atoms with E-state index in [0.29, 0.717) is 0 Å². The number of nitrogens with zero attached hydrogens (tertiary/aromatic N) is 1. The Labute approximate surface area is 74.4 Å². The van der Waals surface area contributed by atoms with Crippen LogP contribution < -0.4 is 10.5 Å². The van der Waals surface area contributed by atoms with Crippen LogP contribution in [0.3, 0.4) is 0 Å². The number of benzene rings is 1. The molecule has 0 bridgehead atoms. The molecule has 0 amide bonds. The first-order valence-electron chi connectivity index (χ1n) is 3.51. The van der Waals surface area contributed by atoms with Crippen molar-refractivity contribution in [3.63, 3.8) is 0 Å². The van der Waals surface area contributed by atoms with Crippen molar-refractivity contribution in [1.29, 1.82) is 0 Å². The highest BCUT2D eigenvalue weighted by Gasteiger charge is 2.11. The van der Waals surface area contributed by atoms with E-state index in [2.05, 4.69) is 5.16 Å². The Morgan fingerprint density at radius 1 is 1.62 bits per heavy atom. The highest BCUT2D eigenvalue weighted by atomic mass is 19.1. The van der Waals surface area contributed by atoms with Gasteiger partial charge in [0, 0.05) is 0 Å². The number of ether oxygens (including phenoxy) is 1. The predicted octanol–water partition coefficient (Wildman–Crippen LogP) is 0.929. The van der Waals surface area contributed by atoms with Gasteiger partial charge in [-0.1, -0.05) is 11.2 Å². The first-order valence-corrected chi connectivity index (χ1v) is 3.51. The Bertz CT molecular complexity index is 339. The zero-order valence-electron chi connectivity index (χ0n) is 6.99. The molecule has 0 aromatic heterocycles. The van der Waals surface area contributed by atoms with Crippen molar-refractivity contribution < 1.29 is 14.3 Å². The van der Waals surface area contributed by atoms with Crippen molar-refractivity contribution in [2.24, 2.45) is 10.9 Å². The molecule has 5 heteroatoms. The van der Waals surface area contributed by atoms with Gasteiger partial charge >= 0.3 is 0 Å². The maximum Gasteiger partial charge on any atom is 0.176 e. The first kappa shape index (κ1) is 9.31. The summed E-state index contributed by atoms with van der Waals surface area (Å²) in [6.07, 6.45) is 0. The molecule has 0 atom stereocenters. The lowest BCUT2D eigenvalue weighted by Crippen LogP contribution is -2.15. The summed E-state index contributed by atoms with van der Waals surface area (Å²) in [5.41, 5.74) is 5.24. The predicted molar refractivity (Wildman–Crippen MR) is 45.5 cm³/mol. The van der Waals surface area contributed by atoms with Gasteiger partial charge in [-0.3, -0.25) is 0 Å². The molecule has 70 valence electrons. The minimum Gasteiger partial charge on any atom is -0.494 e. The molecule has 0 spiro atoms. The quantitative estimate of drug-likeness (QED) is 0.311. The van der Waals surface area contributed by atoms with Gasteiger partial charge in [-0.2, -0.15) is 0 Å². The number of halogens is 1. The molecule has 0 heterocycles. The second kappa shape index (κ2) is 3.75. The number of hydrogen-bond donors (Lipinski definition) is 2. The number of hydrogen-bond acceptors (Lipinski definition) is 3. The number of rotatable bonds is 2. The Morgan fingerprint density at radius 2 is 2.31 bits per heavy atom. The van der Waals surface area contributed by atoms with Crippen molar-refractivity contribution in [2.75, 3.05) is 7.11 Å². The second-order valence-corrected chi connectivity index (χ2v) is 2.31. The smallest absolute Gasteiger partial charge is 0.176 e. The molecule has 0 aliphatic rings. The van der Waals surface area contributed by atoms with Crippen LogP contribution in [0.4, 0.5) is 4.39 Å². The van der Waals surface area contributed by atoms with E-state index in [4.69, 9.17) is 15.7 Å². The first-order chi connectivity index (χ1) is 6.20. The van der Waals surface area contributed by atoms with Crippen LogP contribution in [-0.4, -0.2) is 18.2 Å². The zero-order valence-corrected chi connectivity index (χ0v) is 6.99. The monoisotopic (exact) mass is 184 g/mol. The highest BCUT2D eigenvalue weighted by Crippen LogP contribution is 2.19. The summed E-state index contributed by atoms with van der Waals surface area (Å²) in [4.78, 5) is 0. The van der Waals surface area contributed by atoms with Gasteiger partial charge in [0.2, 0.25) is 0 Å². The fourth-order valence-corrected chi connectivity index (χ4v) is 0.920. The summed E-state index contributed by atoms with van der Waals surface area (Å²) in [6.45, 7) is 0. The van der Waals surface area contributed by atoms with Gasteiger partial charge in [0.25, 0.3) is 0 Å². The third-order valence-corrected chi connectivity index (χ3v) is 1.57. The standard InChI is InChI=1S/C8H9FN2O2/c1-13-6-4-2-3-5(7(6)9)8(10)11-12/h2-4,12H,1H3,(H2,10,11). The molecule has 3 N–H and O–H groups in total. The lowest BCUT2D eigenvalue weighted by atomic mass is 10.2. The topological polar surface area (TPSA) is 67.8 Å². The molecule has 0 aliphatic heterocycles. The number of methoxy groups -OCH3 is 1. The summed E-state index contributed by atoms with van der Waals surface area (Å²) in [5, 5.41) is 11.0. The minimum absolute atomic E-state index is 0.0156. The average molecular weight is 184 g/mol. The van der Waals surface area contributed by atoms with Crippen molar-refractivity contribution in [1.82, 2.24) is 0 Å². The van der Waals surface area contributed by atoms with Crippen molar-refractivity contribution >= 4 is 5.84 Å². The maximum atomic E-state index is 13.3. The van der Waals surface area contributed by atoms with Crippen LogP contribution in [0, 0.1) is 5.82 Å². The Kier molecular flexibility index (Phi) is 2.69. The molecule has 1 aromatic carbocycles. The summed E-state index contributed by atoms with van der Waals surface area (Å²) in [6, 6.07) is 4.39. The van der Waals surface area contributed by atoms with E-state index < -0.39 is 5.82 Å². The molecule has 0 saturated carbocycles. The molecule has 4 nitrogen and oxygen atoms in total. The Morgan fingerprint density at radius 3 is 2.85 bits per heavy atom. The third kappa shape index (κ3) is 1.69. The second-order valence-electron chi connectivity index (χ2n) is 2.31. The van der Waals surface area contributed by atoms with Crippen LogP contribution in [0.25, 0.3) is 0 Å². The Hall–Kier alpha value is -1.78. The van der Waals surface area contributed by atoms with Crippen LogP contribution in [0.2, 0.25) is 0 Å². The molecule has 0 aliphatic carbocycles. The van der Waals surface area contributed by atoms with Crippen LogP contribution >= 0.6 is 0 Å². The lowest BCUT2D eigenvalue weighted by molar-refractivity contribution is 0.318. The van der Waals surface area contributed by atoms with E-state index in [1.54, 1.807) is 6.07 Å². The highest BCUT2D eigenvalue weighted by molar-refractivity contribution is 5.97. The van der Waals surface area contributed by atoms with Gasteiger partial charge in [-0.05, 0) is 12.1 Å². The normalized spacial score (nSPS) is 11.4. The fourth-order valence-electron chi connectivity index (χ4n) is 0.920. The minimum atomic E-state index is -0.639. The van der Waals surface area contributed by atoms with Gasteiger partial charge in [-0.15, -0.1) is 0 Å². The molecule has 0 fully saturated rings. The van der Waals surface area contributed by atoms with E-state index in [0.717, 1.165) is 0 Å². The number of oxime groups is 1. The molecule has 1 rings (SSSR count). The van der Waals surface area contributed by atoms with Crippen molar-refractivity contribution in [3.05, 3.63) is 29.6 Å². The summed E-state index contributed by atoms with van der Waals surface area (Å²) in [5.74, 6) is -0.860. The SMILES string of the molecule is COc1cccc(/C(N)=N/O)c1F. The lowest BCUT2D eigenvalue weighted by Gasteiger charge is -2.04.